The Hall–Kier alpha value is 0.0169. The zero-order valence-electron chi connectivity index (χ0n) is 3.96. The lowest BCUT2D eigenvalue weighted by atomic mass is 11.8. The molecule has 0 amide bonds. The van der Waals surface area contributed by atoms with Gasteiger partial charge in [-0.1, -0.05) is 0 Å². The van der Waals surface area contributed by atoms with Gasteiger partial charge in [-0.2, -0.15) is 0 Å². The first-order valence-corrected chi connectivity index (χ1v) is 3.00. The molecule has 0 aromatic heterocycles. The molecule has 0 heterocycles. The maximum absolute atomic E-state index is 4.63. The Bertz CT molecular complexity index is 34.4. The van der Waals surface area contributed by atoms with Crippen LogP contribution in [0.1, 0.15) is 0 Å². The van der Waals surface area contributed by atoms with Crippen LogP contribution in [-0.4, -0.2) is 16.6 Å². The van der Waals surface area contributed by atoms with Crippen molar-refractivity contribution in [2.75, 3.05) is 7.11 Å². The van der Waals surface area contributed by atoms with Crippen LogP contribution in [0.5, 0.6) is 0 Å². The third kappa shape index (κ3) is 2.68. The third-order valence-electron chi connectivity index (χ3n) is 0.415. The molecule has 0 aliphatic heterocycles. The molecule has 4 N–H and O–H groups in total. The lowest BCUT2D eigenvalue weighted by Crippen LogP contribution is -2.31. The normalized spacial score (nSPS) is 10.3. The maximum atomic E-state index is 4.63. The third-order valence-corrected chi connectivity index (χ3v) is 1.24. The lowest BCUT2D eigenvalue weighted by molar-refractivity contribution is 0.114. The van der Waals surface area contributed by atoms with Crippen LogP contribution in [0.25, 0.3) is 0 Å². The van der Waals surface area contributed by atoms with E-state index < -0.39 is 9.53 Å². The average molecular weight is 124 g/mol. The van der Waals surface area contributed by atoms with Crippen LogP contribution in [0.2, 0.25) is 0 Å². The maximum Gasteiger partial charge on any atom is 0.517 e. The van der Waals surface area contributed by atoms with E-state index in [0.717, 1.165) is 0 Å². The van der Waals surface area contributed by atoms with Crippen molar-refractivity contribution in [1.29, 1.82) is 0 Å². The average Bonchev–Trinajstić information content (AvgIpc) is 1.72. The fourth-order valence-corrected chi connectivity index (χ4v) is 0.430. The Balaban J connectivity index is 2.99. The van der Waals surface area contributed by atoms with Gasteiger partial charge in [0.25, 0.3) is 0 Å². The monoisotopic (exact) mass is 124 g/mol. The van der Waals surface area contributed by atoms with E-state index in [4.69, 9.17) is 0 Å². The van der Waals surface area contributed by atoms with E-state index in [0.29, 0.717) is 0 Å². The molecule has 0 rings (SSSR count). The van der Waals surface area contributed by atoms with E-state index in [9.17, 15) is 0 Å². The summed E-state index contributed by atoms with van der Waals surface area (Å²) in [5, 5.41) is 0. The van der Waals surface area contributed by atoms with Gasteiger partial charge in [-0.25, -0.2) is 11.8 Å². The minimum Gasteiger partial charge on any atom is -0.378 e. The van der Waals surface area contributed by atoms with E-state index in [2.05, 4.69) is 25.3 Å². The summed E-state index contributed by atoms with van der Waals surface area (Å²) in [4.78, 5) is 0. The topological polar surface area (TPSA) is 79.7 Å². The molecule has 0 saturated carbocycles. The second-order valence-electron chi connectivity index (χ2n) is 0.797. The Morgan fingerprint density at radius 2 is 1.71 bits per heavy atom. The van der Waals surface area contributed by atoms with E-state index in [1.54, 1.807) is 0 Å². The summed E-state index contributed by atoms with van der Waals surface area (Å²) < 4.78 is 12.7. The predicted molar refractivity (Wildman–Crippen MR) is 24.7 cm³/mol. The van der Waals surface area contributed by atoms with Crippen LogP contribution in [-0.2, 0) is 13.5 Å². The van der Waals surface area contributed by atoms with Crippen LogP contribution in [0, 0.1) is 0 Å². The fraction of sp³-hybridized carbons (Fsp3) is 1.00. The molecule has 0 aliphatic carbocycles. The van der Waals surface area contributed by atoms with Gasteiger partial charge in [0.05, 0.1) is 0 Å². The van der Waals surface area contributed by atoms with E-state index >= 15 is 0 Å². The molecule has 7 heavy (non-hydrogen) atoms. The highest BCUT2D eigenvalue weighted by atomic mass is 28.3. The van der Waals surface area contributed by atoms with Gasteiger partial charge in [-0.15, -0.1) is 0 Å². The molecule has 6 heteroatoms. The van der Waals surface area contributed by atoms with Crippen molar-refractivity contribution in [2.45, 2.75) is 0 Å². The number of hydrogen-bond donors (Lipinski definition) is 2. The summed E-state index contributed by atoms with van der Waals surface area (Å²) >= 11 is 0. The standard InChI is InChI=1S/CH8N2O3Si/c1-4-7(5-2)6-3/h7H,2-3H2,1H3. The number of hydrogen-bond acceptors (Lipinski definition) is 5. The Labute approximate surface area is 43.0 Å². The first-order chi connectivity index (χ1) is 3.35. The highest BCUT2D eigenvalue weighted by molar-refractivity contribution is 6.35. The van der Waals surface area contributed by atoms with Crippen LogP contribution in [0.3, 0.4) is 0 Å². The van der Waals surface area contributed by atoms with Crippen LogP contribution >= 0.6 is 0 Å². The highest BCUT2D eigenvalue weighted by Crippen LogP contribution is 1.76. The molecule has 5 nitrogen and oxygen atoms in total. The largest absolute Gasteiger partial charge is 0.517 e. The lowest BCUT2D eigenvalue weighted by Gasteiger charge is -2.03. The summed E-state index contributed by atoms with van der Waals surface area (Å²) in [5.41, 5.74) is 0. The van der Waals surface area contributed by atoms with Crippen molar-refractivity contribution in [2.24, 2.45) is 11.8 Å². The molecule has 44 valence electrons. The van der Waals surface area contributed by atoms with Gasteiger partial charge in [0.15, 0.2) is 0 Å². The summed E-state index contributed by atoms with van der Waals surface area (Å²) in [6.45, 7) is 0. The molecular weight excluding hydrogens is 116 g/mol. The van der Waals surface area contributed by atoms with Gasteiger partial charge in [-0.3, -0.25) is 9.05 Å². The molecule has 0 aromatic rings. The van der Waals surface area contributed by atoms with Gasteiger partial charge in [0, 0.05) is 7.11 Å². The first-order valence-electron chi connectivity index (χ1n) is 1.59. The van der Waals surface area contributed by atoms with Gasteiger partial charge < -0.3 is 4.43 Å². The van der Waals surface area contributed by atoms with Crippen molar-refractivity contribution < 1.29 is 13.5 Å². The van der Waals surface area contributed by atoms with E-state index in [1.807, 2.05) is 0 Å². The zero-order valence-corrected chi connectivity index (χ0v) is 5.11. The number of rotatable bonds is 3. The van der Waals surface area contributed by atoms with E-state index in [-0.39, 0.29) is 0 Å². The molecule has 0 saturated heterocycles. The van der Waals surface area contributed by atoms with Crippen molar-refractivity contribution in [3.05, 3.63) is 0 Å². The second kappa shape index (κ2) is 4.18. The molecule has 0 spiro atoms. The summed E-state index contributed by atoms with van der Waals surface area (Å²) in [5.74, 6) is 9.25. The summed E-state index contributed by atoms with van der Waals surface area (Å²) in [6.07, 6.45) is 0. The molecule has 0 aromatic carbocycles. The Morgan fingerprint density at radius 3 is 1.71 bits per heavy atom. The molecule has 0 aliphatic rings. The van der Waals surface area contributed by atoms with E-state index in [1.165, 1.54) is 7.11 Å². The fourth-order valence-electron chi connectivity index (χ4n) is 0.143. The Kier molecular flexibility index (Phi) is 4.19. The first kappa shape index (κ1) is 7.02. The molecular formula is CH8N2O3Si. The summed E-state index contributed by atoms with van der Waals surface area (Å²) in [7, 11) is -0.702. The molecule has 0 fully saturated rings. The molecule has 0 atom stereocenters. The molecule has 0 bridgehead atoms. The molecule has 0 unspecified atom stereocenters. The smallest absolute Gasteiger partial charge is 0.378 e. The van der Waals surface area contributed by atoms with Crippen molar-refractivity contribution in [3.63, 3.8) is 0 Å². The van der Waals surface area contributed by atoms with Crippen LogP contribution < -0.4 is 11.8 Å². The van der Waals surface area contributed by atoms with Crippen LogP contribution in [0.15, 0.2) is 0 Å². The van der Waals surface area contributed by atoms with Crippen LogP contribution in [0.4, 0.5) is 0 Å². The molecule has 0 radical (unpaired) electrons. The van der Waals surface area contributed by atoms with Gasteiger partial charge >= 0.3 is 9.53 Å². The highest BCUT2D eigenvalue weighted by Gasteiger charge is 2.07. The quantitative estimate of drug-likeness (QED) is 0.340. The predicted octanol–water partition coefficient (Wildman–Crippen LogP) is -1.87. The van der Waals surface area contributed by atoms with Gasteiger partial charge in [0.2, 0.25) is 0 Å². The number of nitrogens with two attached hydrogens (primary N) is 2. The minimum absolute atomic E-state index is 1.41. The van der Waals surface area contributed by atoms with Crippen molar-refractivity contribution >= 4 is 9.53 Å². The van der Waals surface area contributed by atoms with Gasteiger partial charge in [-0.05, 0) is 0 Å². The summed E-state index contributed by atoms with van der Waals surface area (Å²) in [6, 6.07) is 0. The minimum atomic E-state index is -2.12. The SMILES string of the molecule is CO[SiH](ON)ON. The Morgan fingerprint density at radius 1 is 1.29 bits per heavy atom. The second-order valence-corrected chi connectivity index (χ2v) is 2.39. The van der Waals surface area contributed by atoms with Crippen molar-refractivity contribution in [1.82, 2.24) is 0 Å². The van der Waals surface area contributed by atoms with Crippen molar-refractivity contribution in [3.8, 4) is 0 Å². The zero-order chi connectivity index (χ0) is 5.70. The van der Waals surface area contributed by atoms with Gasteiger partial charge in [0.1, 0.15) is 0 Å².